The van der Waals surface area contributed by atoms with Crippen molar-refractivity contribution in [1.82, 2.24) is 0 Å². The number of carbonyl (C=O) groups is 2. The number of esters is 2. The topological polar surface area (TPSA) is 232 Å². The van der Waals surface area contributed by atoms with Crippen LogP contribution in [0.1, 0.15) is 234 Å². The molecule has 2 aliphatic rings. The Kier molecular flexibility index (Phi) is 45.4. The second kappa shape index (κ2) is 45.7. The first-order chi connectivity index (χ1) is 33.5. The minimum atomic E-state index is -1.79. The van der Waals surface area contributed by atoms with Crippen LogP contribution < -0.4 is 34.8 Å². The predicted octanol–water partition coefficient (Wildman–Crippen LogP) is 6.87. The van der Waals surface area contributed by atoms with E-state index in [1.807, 2.05) is 13.0 Å². The third kappa shape index (κ3) is 30.8. The van der Waals surface area contributed by atoms with Crippen LogP contribution in [0.5, 0.6) is 0 Å². The van der Waals surface area contributed by atoms with E-state index in [1.54, 1.807) is 6.92 Å². The van der Waals surface area contributed by atoms with Crippen molar-refractivity contribution in [3.63, 3.8) is 0 Å². The Morgan fingerprint density at radius 3 is 1.44 bits per heavy atom. The summed E-state index contributed by atoms with van der Waals surface area (Å²) < 4.78 is 38.9. The van der Waals surface area contributed by atoms with Crippen molar-refractivity contribution >= 4 is 24.3 Å². The van der Waals surface area contributed by atoms with Crippen LogP contribution in [-0.2, 0) is 46.8 Å². The number of aliphatic hydroxyl groups is 5. The molecule has 0 aromatic heterocycles. The van der Waals surface area contributed by atoms with Crippen molar-refractivity contribution in [2.45, 2.75) is 296 Å². The van der Waals surface area contributed by atoms with Crippen LogP contribution in [0.4, 0.5) is 0 Å². The van der Waals surface area contributed by atoms with Crippen molar-refractivity contribution in [3.05, 3.63) is 11.6 Å². The maximum Gasteiger partial charge on any atom is 1.00 e. The third-order valence-corrected chi connectivity index (χ3v) is 13.9. The molecule has 5 N–H and O–H groups in total. The number of hydrogen-bond donors (Lipinski definition) is 5. The first-order valence-corrected chi connectivity index (χ1v) is 27.8. The summed E-state index contributed by atoms with van der Waals surface area (Å²) in [7, 11) is 0. The standard InChI is InChI=1S/C52H96O16S.CH4.Na/c1-5-7-9-11-13-15-17-19-20-21-23-24-26-28-30-32-34-39(3)36-40(4)50(59)64-47-45(57)42(38-54)62-52(65-51-48(66-69-68-67-60)46(58)44(56)41(37-53)61-51)49(47)63-43(55)35-33-31-29-27-25-22-18-16-14-12-10-8-6-2;;/h36,39,41-42,44-49,51-54,56-58,60H,5-35,37-38H2,1-4H3;1H4;/q;;+1/p-1/b40-36+;;/t39-,41?,42?,44?,45?,46?,47?,48?,49?,51?,52?;;/m0../s1. The summed E-state index contributed by atoms with van der Waals surface area (Å²) in [4.78, 5) is 27.2. The van der Waals surface area contributed by atoms with Crippen LogP contribution in [0.25, 0.3) is 0 Å². The van der Waals surface area contributed by atoms with E-state index in [-0.39, 0.29) is 67.2 Å². The molecule has 0 radical (unpaired) electrons. The molecule has 10 unspecified atom stereocenters. The number of aliphatic hydroxyl groups excluding tert-OH is 5. The monoisotopic (exact) mass is 1050 g/mol. The first kappa shape index (κ1) is 70.5. The second-order valence-corrected chi connectivity index (χ2v) is 20.0. The molecule has 2 saturated heterocycles. The van der Waals surface area contributed by atoms with Gasteiger partial charge >= 0.3 is 41.5 Å². The minimum absolute atomic E-state index is 0. The molecule has 11 atom stereocenters. The van der Waals surface area contributed by atoms with Crippen molar-refractivity contribution in [2.24, 2.45) is 5.92 Å². The first-order valence-electron chi connectivity index (χ1n) is 27.1. The van der Waals surface area contributed by atoms with Crippen LogP contribution >= 0.6 is 12.3 Å². The summed E-state index contributed by atoms with van der Waals surface area (Å²) in [5, 5.41) is 66.9. The van der Waals surface area contributed by atoms with E-state index >= 15 is 0 Å². The molecule has 2 aliphatic heterocycles. The van der Waals surface area contributed by atoms with E-state index in [2.05, 4.69) is 23.2 Å². The van der Waals surface area contributed by atoms with Gasteiger partial charge in [-0.25, -0.2) is 4.79 Å². The van der Waals surface area contributed by atoms with E-state index in [1.165, 1.54) is 141 Å². The zero-order valence-corrected chi connectivity index (χ0v) is 46.7. The number of carbonyl (C=O) groups excluding carboxylic acids is 2. The van der Waals surface area contributed by atoms with Gasteiger partial charge < -0.3 is 54.5 Å². The maximum absolute atomic E-state index is 13.7. The Bertz CT molecular complexity index is 1300. The Labute approximate surface area is 455 Å². The minimum Gasteiger partial charge on any atom is -0.691 e. The average molecular weight is 1050 g/mol. The van der Waals surface area contributed by atoms with Gasteiger partial charge in [-0.05, 0) is 25.7 Å². The van der Waals surface area contributed by atoms with Crippen molar-refractivity contribution in [2.75, 3.05) is 13.2 Å². The van der Waals surface area contributed by atoms with Gasteiger partial charge in [-0.3, -0.25) is 14.0 Å². The summed E-state index contributed by atoms with van der Waals surface area (Å²) >= 11 is 0.000533. The van der Waals surface area contributed by atoms with E-state index in [0.29, 0.717) is 6.42 Å². The Hall–Kier alpha value is -0.450. The molecule has 0 bridgehead atoms. The third-order valence-electron chi connectivity index (χ3n) is 13.5. The zero-order valence-electron chi connectivity index (χ0n) is 43.9. The Morgan fingerprint density at radius 2 is 1.00 bits per heavy atom. The molecule has 2 fully saturated rings. The van der Waals surface area contributed by atoms with E-state index < -0.39 is 86.6 Å². The van der Waals surface area contributed by atoms with Gasteiger partial charge in [0.1, 0.15) is 30.5 Å². The van der Waals surface area contributed by atoms with Gasteiger partial charge in [-0.15, -0.1) is 4.33 Å². The Balaban J connectivity index is 0.0000245. The molecule has 0 amide bonds. The van der Waals surface area contributed by atoms with Crippen molar-refractivity contribution in [3.8, 4) is 0 Å². The van der Waals surface area contributed by atoms with E-state index in [4.69, 9.17) is 27.9 Å². The van der Waals surface area contributed by atoms with Crippen LogP contribution in [-0.4, -0.2) is 112 Å². The molecule has 2 rings (SSSR count). The largest absolute Gasteiger partial charge is 1.00 e. The summed E-state index contributed by atoms with van der Waals surface area (Å²) in [6.07, 6.45) is 21.6. The summed E-state index contributed by atoms with van der Waals surface area (Å²) in [6, 6.07) is 0. The molecule has 0 aromatic carbocycles. The molecule has 0 spiro atoms. The number of ether oxygens (including phenoxy) is 5. The predicted molar refractivity (Wildman–Crippen MR) is 269 cm³/mol. The summed E-state index contributed by atoms with van der Waals surface area (Å²) in [6.45, 7) is 6.58. The summed E-state index contributed by atoms with van der Waals surface area (Å²) in [5.41, 5.74) is 0.275. The zero-order chi connectivity index (χ0) is 50.5. The normalized spacial score (nSPS) is 25.0. The molecule has 16 nitrogen and oxygen atoms in total. The molecule has 18 heteroatoms. The van der Waals surface area contributed by atoms with Gasteiger partial charge in [0.05, 0.1) is 13.2 Å². The molecular formula is C53H99NaO16S. The SMILES string of the molecule is C.CCCCCCCCCCCCCCCCCC[C@H](C)/C=C(\C)C(=O)OC1C(O)C(CO)OC(OC2OC(CO)C(O)C(O)C2OSOO[O-])C1OC(=O)CCCCCCCCCCCCCCC.[Na+]. The summed E-state index contributed by atoms with van der Waals surface area (Å²) in [5.74, 6) is -1.42. The molecule has 414 valence electrons. The van der Waals surface area contributed by atoms with Gasteiger partial charge in [0, 0.05) is 12.0 Å². The van der Waals surface area contributed by atoms with Crippen molar-refractivity contribution < 1.29 is 107 Å². The van der Waals surface area contributed by atoms with Crippen LogP contribution in [0, 0.1) is 5.92 Å². The molecule has 0 saturated carbocycles. The van der Waals surface area contributed by atoms with Gasteiger partial charge in [0.25, 0.3) is 0 Å². The number of hydrogen-bond acceptors (Lipinski definition) is 17. The molecule has 2 heterocycles. The fourth-order valence-corrected chi connectivity index (χ4v) is 9.54. The molecular weight excluding hydrogens is 948 g/mol. The molecule has 71 heavy (non-hydrogen) atoms. The van der Waals surface area contributed by atoms with Crippen LogP contribution in [0.15, 0.2) is 11.6 Å². The van der Waals surface area contributed by atoms with Crippen LogP contribution in [0.3, 0.4) is 0 Å². The number of allylic oxidation sites excluding steroid dienone is 1. The fourth-order valence-electron chi connectivity index (χ4n) is 9.19. The average Bonchev–Trinajstić information content (AvgIpc) is 3.34. The van der Waals surface area contributed by atoms with Gasteiger partial charge in [0.2, 0.25) is 6.29 Å². The van der Waals surface area contributed by atoms with Gasteiger partial charge in [-0.1, -0.05) is 214 Å². The van der Waals surface area contributed by atoms with E-state index in [9.17, 15) is 40.4 Å². The van der Waals surface area contributed by atoms with Crippen LogP contribution in [0.2, 0.25) is 0 Å². The molecule has 0 aromatic rings. The Morgan fingerprint density at radius 1 is 0.592 bits per heavy atom. The fraction of sp³-hybridized carbons (Fsp3) is 0.925. The second-order valence-electron chi connectivity index (χ2n) is 19.6. The number of unbranched alkanes of at least 4 members (excludes halogenated alkanes) is 27. The van der Waals surface area contributed by atoms with Gasteiger partial charge in [-0.2, -0.15) is 0 Å². The quantitative estimate of drug-likeness (QED) is 0.00798. The van der Waals surface area contributed by atoms with E-state index in [0.717, 1.165) is 44.9 Å². The van der Waals surface area contributed by atoms with Gasteiger partial charge in [0.15, 0.2) is 36.9 Å². The number of rotatable bonds is 43. The molecule has 0 aliphatic carbocycles. The maximum atomic E-state index is 13.7. The van der Waals surface area contributed by atoms with Crippen molar-refractivity contribution in [1.29, 1.82) is 0 Å². The smallest absolute Gasteiger partial charge is 0.691 e.